The van der Waals surface area contributed by atoms with E-state index in [1.165, 1.54) is 25.7 Å². The zero-order valence-electron chi connectivity index (χ0n) is 12.0. The molecule has 2 nitrogen and oxygen atoms in total. The molecule has 20 heavy (non-hydrogen) atoms. The highest BCUT2D eigenvalue weighted by Gasteiger charge is 2.24. The molecule has 0 spiro atoms. The molecule has 1 unspecified atom stereocenters. The fourth-order valence-electron chi connectivity index (χ4n) is 2.35. The lowest BCUT2D eigenvalue weighted by atomic mass is 10.1. The minimum absolute atomic E-state index is 0.313. The van der Waals surface area contributed by atoms with E-state index < -0.39 is 0 Å². The lowest BCUT2D eigenvalue weighted by Crippen LogP contribution is -2.28. The Balaban J connectivity index is 1.95. The van der Waals surface area contributed by atoms with Crippen LogP contribution in [-0.4, -0.2) is 12.6 Å². The number of benzene rings is 1. The number of hydrogen-bond donors (Lipinski definition) is 1. The van der Waals surface area contributed by atoms with Gasteiger partial charge in [-0.25, -0.2) is 0 Å². The molecular weight excluding hydrogens is 314 g/mol. The van der Waals surface area contributed by atoms with E-state index in [9.17, 15) is 0 Å². The summed E-state index contributed by atoms with van der Waals surface area (Å²) in [6.07, 6.45) is 10.5. The van der Waals surface area contributed by atoms with Crippen LogP contribution in [0.2, 0.25) is 0 Å². The van der Waals surface area contributed by atoms with Crippen molar-refractivity contribution in [3.63, 3.8) is 0 Å². The van der Waals surface area contributed by atoms with Gasteiger partial charge >= 0.3 is 0 Å². The molecular formula is C17H22BrNO. The van der Waals surface area contributed by atoms with Crippen molar-refractivity contribution in [2.24, 2.45) is 5.92 Å². The second-order valence-corrected chi connectivity index (χ2v) is 6.33. The van der Waals surface area contributed by atoms with E-state index >= 15 is 0 Å². The van der Waals surface area contributed by atoms with Gasteiger partial charge in [-0.2, -0.15) is 0 Å². The van der Waals surface area contributed by atoms with Gasteiger partial charge in [-0.05, 0) is 37.0 Å². The molecule has 0 heterocycles. The Morgan fingerprint density at radius 2 is 2.30 bits per heavy atom. The summed E-state index contributed by atoms with van der Waals surface area (Å²) >= 11 is 3.52. The molecule has 3 heteroatoms. The molecule has 0 aromatic heterocycles. The number of halogens is 1. The van der Waals surface area contributed by atoms with Crippen molar-refractivity contribution in [3.8, 4) is 18.1 Å². The monoisotopic (exact) mass is 335 g/mol. The van der Waals surface area contributed by atoms with E-state index in [0.29, 0.717) is 12.6 Å². The van der Waals surface area contributed by atoms with Crippen LogP contribution in [0.15, 0.2) is 22.7 Å². The van der Waals surface area contributed by atoms with Crippen molar-refractivity contribution in [1.29, 1.82) is 0 Å². The van der Waals surface area contributed by atoms with Crippen LogP contribution in [0.25, 0.3) is 0 Å². The predicted octanol–water partition coefficient (Wildman–Crippen LogP) is 4.13. The summed E-state index contributed by atoms with van der Waals surface area (Å²) in [5.41, 5.74) is 1.16. The third-order valence-electron chi connectivity index (χ3n) is 3.72. The van der Waals surface area contributed by atoms with Crippen molar-refractivity contribution >= 4 is 15.9 Å². The van der Waals surface area contributed by atoms with E-state index in [2.05, 4.69) is 40.2 Å². The smallest absolute Gasteiger partial charge is 0.148 e. The molecule has 0 radical (unpaired) electrons. The predicted molar refractivity (Wildman–Crippen MR) is 86.7 cm³/mol. The normalized spacial score (nSPS) is 15.7. The van der Waals surface area contributed by atoms with Crippen molar-refractivity contribution in [1.82, 2.24) is 5.32 Å². The first-order chi connectivity index (χ1) is 9.72. The molecule has 1 fully saturated rings. The van der Waals surface area contributed by atoms with E-state index in [1.807, 2.05) is 12.1 Å². The van der Waals surface area contributed by atoms with Crippen molar-refractivity contribution in [2.75, 3.05) is 6.61 Å². The van der Waals surface area contributed by atoms with Crippen molar-refractivity contribution in [3.05, 3.63) is 28.2 Å². The summed E-state index contributed by atoms with van der Waals surface area (Å²) < 4.78 is 6.67. The van der Waals surface area contributed by atoms with Gasteiger partial charge in [0, 0.05) is 22.6 Å². The highest BCUT2D eigenvalue weighted by atomic mass is 79.9. The third-order valence-corrected chi connectivity index (χ3v) is 4.22. The van der Waals surface area contributed by atoms with E-state index in [4.69, 9.17) is 11.2 Å². The lowest BCUT2D eigenvalue weighted by molar-refractivity contribution is 0.361. The van der Waals surface area contributed by atoms with Crippen LogP contribution in [0, 0.1) is 18.3 Å². The van der Waals surface area contributed by atoms with Gasteiger partial charge in [0.1, 0.15) is 12.4 Å². The second-order valence-electron chi connectivity index (χ2n) is 5.41. The number of rotatable bonds is 8. The van der Waals surface area contributed by atoms with Crippen LogP contribution in [0.5, 0.6) is 5.75 Å². The molecule has 2 rings (SSSR count). The van der Waals surface area contributed by atoms with Gasteiger partial charge in [0.05, 0.1) is 0 Å². The van der Waals surface area contributed by atoms with E-state index in [-0.39, 0.29) is 0 Å². The Labute approximate surface area is 130 Å². The summed E-state index contributed by atoms with van der Waals surface area (Å²) in [6, 6.07) is 6.65. The van der Waals surface area contributed by atoms with Crippen LogP contribution in [0.3, 0.4) is 0 Å². The molecule has 1 saturated carbocycles. The Morgan fingerprint density at radius 1 is 1.50 bits per heavy atom. The quantitative estimate of drug-likeness (QED) is 0.721. The maximum absolute atomic E-state index is 5.60. The first kappa shape index (κ1) is 15.4. The summed E-state index contributed by atoms with van der Waals surface area (Å²) in [6.45, 7) is 3.38. The molecule has 1 atom stereocenters. The minimum atomic E-state index is 0.313. The Morgan fingerprint density at radius 3 is 2.95 bits per heavy atom. The molecule has 1 aromatic carbocycles. The SMILES string of the molecule is C#CCOc1ccc(Br)cc1CNC(CC)CC1CC1. The molecule has 1 aromatic rings. The summed E-state index contributed by atoms with van der Waals surface area (Å²) in [4.78, 5) is 0. The summed E-state index contributed by atoms with van der Waals surface area (Å²) in [7, 11) is 0. The van der Waals surface area contributed by atoms with Crippen LogP contribution in [0.1, 0.15) is 38.2 Å². The maximum atomic E-state index is 5.60. The topological polar surface area (TPSA) is 21.3 Å². The molecule has 0 saturated heterocycles. The number of nitrogens with one attached hydrogen (secondary N) is 1. The highest BCUT2D eigenvalue weighted by molar-refractivity contribution is 9.10. The van der Waals surface area contributed by atoms with Gasteiger partial charge in [0.2, 0.25) is 0 Å². The van der Waals surface area contributed by atoms with Gasteiger partial charge in [-0.3, -0.25) is 0 Å². The Bertz CT molecular complexity index is 476. The third kappa shape index (κ3) is 4.85. The zero-order valence-corrected chi connectivity index (χ0v) is 13.6. The van der Waals surface area contributed by atoms with Crippen LogP contribution < -0.4 is 10.1 Å². The molecule has 0 amide bonds. The second kappa shape index (κ2) is 7.71. The van der Waals surface area contributed by atoms with Gasteiger partial charge in [-0.1, -0.05) is 41.6 Å². The molecule has 0 bridgehead atoms. The van der Waals surface area contributed by atoms with Gasteiger partial charge in [0.25, 0.3) is 0 Å². The fourth-order valence-corrected chi connectivity index (χ4v) is 2.76. The first-order valence-electron chi connectivity index (χ1n) is 7.31. The number of terminal acetylenes is 1. The molecule has 1 N–H and O–H groups in total. The number of hydrogen-bond acceptors (Lipinski definition) is 2. The van der Waals surface area contributed by atoms with Gasteiger partial charge in [0.15, 0.2) is 0 Å². The van der Waals surface area contributed by atoms with Crippen LogP contribution in [0.4, 0.5) is 0 Å². The van der Waals surface area contributed by atoms with E-state index in [1.54, 1.807) is 0 Å². The Hall–Kier alpha value is -0.980. The maximum Gasteiger partial charge on any atom is 0.148 e. The van der Waals surface area contributed by atoms with E-state index in [0.717, 1.165) is 28.2 Å². The minimum Gasteiger partial charge on any atom is -0.481 e. The summed E-state index contributed by atoms with van der Waals surface area (Å²) in [5, 5.41) is 3.65. The van der Waals surface area contributed by atoms with Gasteiger partial charge < -0.3 is 10.1 Å². The highest BCUT2D eigenvalue weighted by Crippen LogP contribution is 2.34. The summed E-state index contributed by atoms with van der Waals surface area (Å²) in [5.74, 6) is 4.34. The molecule has 1 aliphatic rings. The average molecular weight is 336 g/mol. The van der Waals surface area contributed by atoms with Crippen LogP contribution >= 0.6 is 15.9 Å². The molecule has 108 valence electrons. The zero-order chi connectivity index (χ0) is 14.4. The number of ether oxygens (including phenoxy) is 1. The van der Waals surface area contributed by atoms with Crippen molar-refractivity contribution in [2.45, 2.75) is 45.2 Å². The average Bonchev–Trinajstić information content (AvgIpc) is 3.26. The standard InChI is InChI=1S/C17H22BrNO/c1-3-9-20-17-8-7-15(18)11-14(17)12-19-16(4-2)10-13-5-6-13/h1,7-8,11,13,16,19H,4-6,9-10,12H2,2H3. The Kier molecular flexibility index (Phi) is 5.94. The largest absolute Gasteiger partial charge is 0.481 e. The fraction of sp³-hybridized carbons (Fsp3) is 0.529. The molecule has 0 aliphatic heterocycles. The first-order valence-corrected chi connectivity index (χ1v) is 8.10. The van der Waals surface area contributed by atoms with Gasteiger partial charge in [-0.15, -0.1) is 6.42 Å². The molecule has 1 aliphatic carbocycles. The van der Waals surface area contributed by atoms with Crippen LogP contribution in [-0.2, 0) is 6.54 Å². The lowest BCUT2D eigenvalue weighted by Gasteiger charge is -2.18. The van der Waals surface area contributed by atoms with Crippen molar-refractivity contribution < 1.29 is 4.74 Å².